The third-order valence-electron chi connectivity index (χ3n) is 4.25. The predicted octanol–water partition coefficient (Wildman–Crippen LogP) is 1.18. The Kier molecular flexibility index (Phi) is 4.10. The topological polar surface area (TPSA) is 63.4 Å². The summed E-state index contributed by atoms with van der Waals surface area (Å²) in [5.74, 6) is 1.03. The Morgan fingerprint density at radius 2 is 1.88 bits per heavy atom. The monoisotopic (exact) mass is 260 g/mol. The van der Waals surface area contributed by atoms with Crippen LogP contribution in [0.25, 0.3) is 0 Å². The van der Waals surface area contributed by atoms with Crippen LogP contribution in [0, 0.1) is 11.8 Å². The maximum Gasteiger partial charge on any atom is 0.214 e. The lowest BCUT2D eigenvalue weighted by molar-refractivity contribution is 0.249. The highest BCUT2D eigenvalue weighted by atomic mass is 32.2. The molecule has 0 aromatic rings. The highest BCUT2D eigenvalue weighted by Crippen LogP contribution is 2.28. The molecule has 2 N–H and O–H groups in total. The molecule has 0 aromatic carbocycles. The minimum atomic E-state index is -3.05. The maximum absolute atomic E-state index is 12.3. The van der Waals surface area contributed by atoms with Crippen molar-refractivity contribution >= 4 is 10.0 Å². The van der Waals surface area contributed by atoms with Crippen molar-refractivity contribution in [2.45, 2.75) is 45.1 Å². The van der Waals surface area contributed by atoms with Gasteiger partial charge in [0.1, 0.15) is 0 Å². The van der Waals surface area contributed by atoms with Crippen LogP contribution < -0.4 is 5.73 Å². The van der Waals surface area contributed by atoms with Gasteiger partial charge in [-0.3, -0.25) is 0 Å². The van der Waals surface area contributed by atoms with E-state index in [1.165, 1.54) is 12.8 Å². The molecule has 0 aromatic heterocycles. The van der Waals surface area contributed by atoms with Gasteiger partial charge < -0.3 is 5.73 Å². The summed E-state index contributed by atoms with van der Waals surface area (Å²) in [6.45, 7) is 3.26. The number of nitrogens with zero attached hydrogens (tertiary/aromatic N) is 1. The maximum atomic E-state index is 12.3. The van der Waals surface area contributed by atoms with E-state index < -0.39 is 10.0 Å². The lowest BCUT2D eigenvalue weighted by atomic mass is 9.96. The van der Waals surface area contributed by atoms with E-state index >= 15 is 0 Å². The lowest BCUT2D eigenvalue weighted by Gasteiger charge is -2.34. The molecule has 100 valence electrons. The first-order chi connectivity index (χ1) is 7.99. The molecule has 1 heterocycles. The summed E-state index contributed by atoms with van der Waals surface area (Å²) in [6.07, 6.45) is 5.36. The van der Waals surface area contributed by atoms with Crippen LogP contribution in [0.4, 0.5) is 0 Å². The zero-order valence-corrected chi connectivity index (χ0v) is 11.5. The van der Waals surface area contributed by atoms with Crippen molar-refractivity contribution in [2.24, 2.45) is 17.6 Å². The summed E-state index contributed by atoms with van der Waals surface area (Å²) in [7, 11) is -3.05. The average molecular weight is 260 g/mol. The molecule has 0 bridgehead atoms. The van der Waals surface area contributed by atoms with E-state index in [9.17, 15) is 8.42 Å². The smallest absolute Gasteiger partial charge is 0.214 e. The van der Waals surface area contributed by atoms with Crippen molar-refractivity contribution < 1.29 is 8.42 Å². The molecule has 2 atom stereocenters. The molecule has 17 heavy (non-hydrogen) atoms. The highest BCUT2D eigenvalue weighted by molar-refractivity contribution is 7.89. The summed E-state index contributed by atoms with van der Waals surface area (Å²) >= 11 is 0. The normalized spacial score (nSPS) is 33.1. The minimum Gasteiger partial charge on any atom is -0.327 e. The number of piperidine rings is 1. The quantitative estimate of drug-likeness (QED) is 0.828. The van der Waals surface area contributed by atoms with Gasteiger partial charge in [-0.15, -0.1) is 0 Å². The second-order valence-corrected chi connectivity index (χ2v) is 7.73. The zero-order valence-electron chi connectivity index (χ0n) is 10.6. The number of hydrogen-bond acceptors (Lipinski definition) is 3. The molecule has 5 heteroatoms. The third kappa shape index (κ3) is 3.20. The predicted molar refractivity (Wildman–Crippen MR) is 69.1 cm³/mol. The van der Waals surface area contributed by atoms with Gasteiger partial charge in [-0.05, 0) is 31.1 Å². The lowest BCUT2D eigenvalue weighted by Crippen LogP contribution is -2.49. The van der Waals surface area contributed by atoms with E-state index in [1.807, 2.05) is 6.92 Å². The summed E-state index contributed by atoms with van der Waals surface area (Å²) < 4.78 is 26.2. The van der Waals surface area contributed by atoms with Crippen LogP contribution in [-0.2, 0) is 10.0 Å². The molecule has 0 amide bonds. The SMILES string of the molecule is CC1CN(S(=O)(=O)CC2CCCC2)CCC1N. The fourth-order valence-electron chi connectivity index (χ4n) is 2.96. The number of hydrogen-bond donors (Lipinski definition) is 1. The van der Waals surface area contributed by atoms with Crippen molar-refractivity contribution in [3.8, 4) is 0 Å². The van der Waals surface area contributed by atoms with Gasteiger partial charge in [-0.25, -0.2) is 12.7 Å². The van der Waals surface area contributed by atoms with Gasteiger partial charge in [-0.2, -0.15) is 0 Å². The Hall–Kier alpha value is -0.130. The first-order valence-electron chi connectivity index (χ1n) is 6.72. The zero-order chi connectivity index (χ0) is 12.5. The van der Waals surface area contributed by atoms with Crippen LogP contribution >= 0.6 is 0 Å². The standard InChI is InChI=1S/C12H24N2O2S/c1-10-8-14(7-6-12(10)13)17(15,16)9-11-4-2-3-5-11/h10-12H,2-9,13H2,1H3. The summed E-state index contributed by atoms with van der Waals surface area (Å²) in [6, 6.07) is 0.160. The molecular formula is C12H24N2O2S. The molecule has 4 nitrogen and oxygen atoms in total. The number of sulfonamides is 1. The Morgan fingerprint density at radius 3 is 2.47 bits per heavy atom. The van der Waals surface area contributed by atoms with Crippen molar-refractivity contribution in [2.75, 3.05) is 18.8 Å². The molecule has 1 aliphatic carbocycles. The van der Waals surface area contributed by atoms with Gasteiger partial charge in [0.05, 0.1) is 5.75 Å². The van der Waals surface area contributed by atoms with Gasteiger partial charge in [0.15, 0.2) is 0 Å². The largest absolute Gasteiger partial charge is 0.327 e. The van der Waals surface area contributed by atoms with Crippen LogP contribution in [0.1, 0.15) is 39.0 Å². The van der Waals surface area contributed by atoms with Gasteiger partial charge >= 0.3 is 0 Å². The summed E-state index contributed by atoms with van der Waals surface area (Å²) in [4.78, 5) is 0. The molecule has 1 saturated heterocycles. The Labute approximate surface area is 105 Å². The van der Waals surface area contributed by atoms with E-state index in [4.69, 9.17) is 5.73 Å². The molecule has 1 saturated carbocycles. The van der Waals surface area contributed by atoms with Crippen molar-refractivity contribution in [3.05, 3.63) is 0 Å². The van der Waals surface area contributed by atoms with Crippen molar-refractivity contribution in [3.63, 3.8) is 0 Å². The Bertz CT molecular complexity index is 350. The van der Waals surface area contributed by atoms with Gasteiger partial charge in [0.2, 0.25) is 10.0 Å². The number of nitrogens with two attached hydrogens (primary N) is 1. The first-order valence-corrected chi connectivity index (χ1v) is 8.33. The molecule has 2 aliphatic rings. The van der Waals surface area contributed by atoms with E-state index in [-0.39, 0.29) is 12.0 Å². The molecular weight excluding hydrogens is 236 g/mol. The third-order valence-corrected chi connectivity index (χ3v) is 6.26. The van der Waals surface area contributed by atoms with E-state index in [2.05, 4.69) is 0 Å². The first kappa shape index (κ1) is 13.3. The molecule has 2 fully saturated rings. The van der Waals surface area contributed by atoms with Crippen molar-refractivity contribution in [1.82, 2.24) is 4.31 Å². The molecule has 1 aliphatic heterocycles. The fraction of sp³-hybridized carbons (Fsp3) is 1.00. The second kappa shape index (κ2) is 5.24. The minimum absolute atomic E-state index is 0.160. The van der Waals surface area contributed by atoms with Crippen LogP contribution in [0.3, 0.4) is 0 Å². The van der Waals surface area contributed by atoms with E-state index in [1.54, 1.807) is 4.31 Å². The van der Waals surface area contributed by atoms with Crippen LogP contribution in [0.5, 0.6) is 0 Å². The van der Waals surface area contributed by atoms with Crippen molar-refractivity contribution in [1.29, 1.82) is 0 Å². The average Bonchev–Trinajstić information content (AvgIpc) is 2.73. The van der Waals surface area contributed by atoms with Crippen LogP contribution in [-0.4, -0.2) is 37.6 Å². The molecule has 2 unspecified atom stereocenters. The van der Waals surface area contributed by atoms with Crippen LogP contribution in [0.2, 0.25) is 0 Å². The summed E-state index contributed by atoms with van der Waals surface area (Å²) in [5, 5.41) is 0. The number of rotatable bonds is 3. The van der Waals surface area contributed by atoms with Gasteiger partial charge in [-0.1, -0.05) is 19.8 Å². The van der Waals surface area contributed by atoms with Gasteiger partial charge in [0, 0.05) is 19.1 Å². The Morgan fingerprint density at radius 1 is 1.24 bits per heavy atom. The molecule has 0 spiro atoms. The summed E-state index contributed by atoms with van der Waals surface area (Å²) in [5.41, 5.74) is 5.93. The fourth-order valence-corrected chi connectivity index (χ4v) is 4.94. The molecule has 0 radical (unpaired) electrons. The highest BCUT2D eigenvalue weighted by Gasteiger charge is 2.33. The van der Waals surface area contributed by atoms with Gasteiger partial charge in [0.25, 0.3) is 0 Å². The molecule has 2 rings (SSSR count). The van der Waals surface area contributed by atoms with E-state index in [0.717, 1.165) is 19.3 Å². The van der Waals surface area contributed by atoms with Crippen LogP contribution in [0.15, 0.2) is 0 Å². The van der Waals surface area contributed by atoms with E-state index in [0.29, 0.717) is 24.8 Å². The Balaban J connectivity index is 1.95. The second-order valence-electron chi connectivity index (χ2n) is 5.72.